The molecule has 0 aliphatic carbocycles. The SMILES string of the molecule is CC(C)CN(C[C@@H](O)[C@H](Cc1ccccc1)NC(=O)c1ccc(O)cc1O)S(=O)(=O)c1ccc(N)cc1. The van der Waals surface area contributed by atoms with Crippen LogP contribution in [0.15, 0.2) is 77.7 Å². The van der Waals surface area contributed by atoms with Crippen LogP contribution in [-0.2, 0) is 16.4 Å². The van der Waals surface area contributed by atoms with Crippen molar-refractivity contribution in [1.29, 1.82) is 0 Å². The summed E-state index contributed by atoms with van der Waals surface area (Å²) in [7, 11) is -3.97. The molecule has 0 aromatic heterocycles. The molecule has 0 fully saturated rings. The largest absolute Gasteiger partial charge is 0.508 e. The summed E-state index contributed by atoms with van der Waals surface area (Å²) in [6.45, 7) is 3.61. The van der Waals surface area contributed by atoms with Crippen LogP contribution in [0.1, 0.15) is 29.8 Å². The van der Waals surface area contributed by atoms with Crippen LogP contribution in [0.4, 0.5) is 5.69 Å². The Morgan fingerprint density at radius 2 is 1.62 bits per heavy atom. The number of anilines is 1. The minimum Gasteiger partial charge on any atom is -0.508 e. The van der Waals surface area contributed by atoms with Crippen molar-refractivity contribution in [3.63, 3.8) is 0 Å². The Bertz CT molecular complexity index is 1300. The number of phenols is 2. The van der Waals surface area contributed by atoms with Gasteiger partial charge in [-0.15, -0.1) is 0 Å². The van der Waals surface area contributed by atoms with Crippen LogP contribution in [0.5, 0.6) is 11.5 Å². The lowest BCUT2D eigenvalue weighted by molar-refractivity contribution is 0.0773. The Morgan fingerprint density at radius 1 is 0.973 bits per heavy atom. The van der Waals surface area contributed by atoms with E-state index in [9.17, 15) is 28.5 Å². The lowest BCUT2D eigenvalue weighted by Crippen LogP contribution is -2.51. The van der Waals surface area contributed by atoms with E-state index in [1.165, 1.54) is 40.7 Å². The summed E-state index contributed by atoms with van der Waals surface area (Å²) >= 11 is 0. The lowest BCUT2D eigenvalue weighted by Gasteiger charge is -2.31. The summed E-state index contributed by atoms with van der Waals surface area (Å²) in [4.78, 5) is 13.0. The van der Waals surface area contributed by atoms with Gasteiger partial charge in [0.2, 0.25) is 10.0 Å². The van der Waals surface area contributed by atoms with Crippen LogP contribution in [0, 0.1) is 5.92 Å². The molecule has 0 radical (unpaired) electrons. The first kappa shape index (κ1) is 28.0. The molecule has 37 heavy (non-hydrogen) atoms. The van der Waals surface area contributed by atoms with Crippen LogP contribution >= 0.6 is 0 Å². The number of aliphatic hydroxyl groups is 1. The number of benzene rings is 3. The lowest BCUT2D eigenvalue weighted by atomic mass is 10.00. The minimum absolute atomic E-state index is 0.0353. The average Bonchev–Trinajstić information content (AvgIpc) is 2.83. The zero-order chi connectivity index (χ0) is 27.2. The fourth-order valence-electron chi connectivity index (χ4n) is 3.91. The standard InChI is InChI=1S/C27H33N3O6S/c1-18(2)16-30(37(35,36)22-11-8-20(28)9-12-22)17-26(33)24(14-19-6-4-3-5-7-19)29-27(34)23-13-10-21(31)15-25(23)32/h3-13,15,18,24,26,31-33H,14,16-17,28H2,1-2H3,(H,29,34)/t24-,26+/m0/s1. The number of rotatable bonds is 11. The van der Waals surface area contributed by atoms with Crippen LogP contribution < -0.4 is 11.1 Å². The predicted octanol–water partition coefficient (Wildman–Crippen LogP) is 2.73. The van der Waals surface area contributed by atoms with Crippen molar-refractivity contribution < 1.29 is 28.5 Å². The van der Waals surface area contributed by atoms with Crippen LogP contribution in [-0.4, -0.2) is 59.2 Å². The number of nitrogen functional groups attached to an aromatic ring is 1. The molecule has 0 aliphatic rings. The van der Waals surface area contributed by atoms with Crippen molar-refractivity contribution in [2.75, 3.05) is 18.8 Å². The quantitative estimate of drug-likeness (QED) is 0.240. The zero-order valence-electron chi connectivity index (χ0n) is 20.8. The fourth-order valence-corrected chi connectivity index (χ4v) is 5.53. The Balaban J connectivity index is 1.90. The van der Waals surface area contributed by atoms with Crippen LogP contribution in [0.2, 0.25) is 0 Å². The molecular weight excluding hydrogens is 494 g/mol. The molecule has 0 saturated carbocycles. The summed E-state index contributed by atoms with van der Waals surface area (Å²) in [6.07, 6.45) is -1.07. The van der Waals surface area contributed by atoms with Gasteiger partial charge in [-0.25, -0.2) is 8.42 Å². The van der Waals surface area contributed by atoms with Crippen molar-refractivity contribution in [3.8, 4) is 11.5 Å². The number of phenolic OH excluding ortho intramolecular Hbond substituents is 2. The predicted molar refractivity (Wildman–Crippen MR) is 142 cm³/mol. The Morgan fingerprint density at radius 3 is 2.22 bits per heavy atom. The van der Waals surface area contributed by atoms with E-state index in [1.54, 1.807) is 0 Å². The number of carbonyl (C=O) groups is 1. The van der Waals surface area contributed by atoms with E-state index >= 15 is 0 Å². The number of nitrogens with two attached hydrogens (primary N) is 1. The Kier molecular flexibility index (Phi) is 9.14. The van der Waals surface area contributed by atoms with E-state index in [2.05, 4.69) is 5.32 Å². The molecule has 0 heterocycles. The Hall–Kier alpha value is -3.60. The van der Waals surface area contributed by atoms with E-state index in [1.807, 2.05) is 44.2 Å². The monoisotopic (exact) mass is 527 g/mol. The number of aromatic hydroxyl groups is 2. The third-order valence-corrected chi connectivity index (χ3v) is 7.63. The van der Waals surface area contributed by atoms with Gasteiger partial charge in [0.25, 0.3) is 5.91 Å². The molecule has 1 amide bonds. The van der Waals surface area contributed by atoms with Gasteiger partial charge in [0.1, 0.15) is 11.5 Å². The smallest absolute Gasteiger partial charge is 0.255 e. The summed E-state index contributed by atoms with van der Waals surface area (Å²) in [5, 5.41) is 33.7. The topological polar surface area (TPSA) is 153 Å². The van der Waals surface area contributed by atoms with Gasteiger partial charge in [-0.1, -0.05) is 44.2 Å². The highest BCUT2D eigenvalue weighted by Crippen LogP contribution is 2.24. The summed E-state index contributed by atoms with van der Waals surface area (Å²) in [6, 6.07) is 17.7. The van der Waals surface area contributed by atoms with Gasteiger partial charge < -0.3 is 26.4 Å². The number of carbonyl (C=O) groups excluding carboxylic acids is 1. The van der Waals surface area contributed by atoms with Crippen molar-refractivity contribution in [3.05, 3.63) is 83.9 Å². The number of amides is 1. The minimum atomic E-state index is -3.97. The second-order valence-electron chi connectivity index (χ2n) is 9.32. The molecule has 6 N–H and O–H groups in total. The molecule has 0 saturated heterocycles. The van der Waals surface area contributed by atoms with E-state index in [0.29, 0.717) is 5.69 Å². The van der Waals surface area contributed by atoms with Crippen molar-refractivity contribution in [2.45, 2.75) is 37.3 Å². The maximum Gasteiger partial charge on any atom is 0.255 e. The molecular formula is C27H33N3O6S. The van der Waals surface area contributed by atoms with E-state index in [-0.39, 0.29) is 41.6 Å². The molecule has 9 nitrogen and oxygen atoms in total. The summed E-state index contributed by atoms with van der Waals surface area (Å²) < 4.78 is 28.1. The van der Waals surface area contributed by atoms with Gasteiger partial charge in [-0.3, -0.25) is 4.79 Å². The number of hydrogen-bond acceptors (Lipinski definition) is 7. The van der Waals surface area contributed by atoms with Gasteiger partial charge in [0.05, 0.1) is 22.6 Å². The highest BCUT2D eigenvalue weighted by molar-refractivity contribution is 7.89. The molecule has 198 valence electrons. The third kappa shape index (κ3) is 7.45. The second kappa shape index (κ2) is 12.1. The van der Waals surface area contributed by atoms with Crippen LogP contribution in [0.25, 0.3) is 0 Å². The first-order valence-corrected chi connectivity index (χ1v) is 13.3. The summed E-state index contributed by atoms with van der Waals surface area (Å²) in [5.74, 6) is -1.33. The number of nitrogens with one attached hydrogen (secondary N) is 1. The molecule has 0 aliphatic heterocycles. The number of hydrogen-bond donors (Lipinski definition) is 5. The van der Waals surface area contributed by atoms with Crippen LogP contribution in [0.3, 0.4) is 0 Å². The molecule has 2 atom stereocenters. The van der Waals surface area contributed by atoms with Crippen molar-refractivity contribution >= 4 is 21.6 Å². The highest BCUT2D eigenvalue weighted by atomic mass is 32.2. The highest BCUT2D eigenvalue weighted by Gasteiger charge is 2.31. The number of nitrogens with zero attached hydrogens (tertiary/aromatic N) is 1. The van der Waals surface area contributed by atoms with Crippen molar-refractivity contribution in [2.24, 2.45) is 5.92 Å². The first-order valence-electron chi connectivity index (χ1n) is 11.9. The molecule has 3 aromatic carbocycles. The maximum absolute atomic E-state index is 13.4. The third-order valence-electron chi connectivity index (χ3n) is 5.78. The average molecular weight is 528 g/mol. The number of aliphatic hydroxyl groups excluding tert-OH is 1. The molecule has 0 spiro atoms. The first-order chi connectivity index (χ1) is 17.5. The molecule has 10 heteroatoms. The van der Waals surface area contributed by atoms with Gasteiger partial charge in [-0.05, 0) is 54.3 Å². The summed E-state index contributed by atoms with van der Waals surface area (Å²) in [5.41, 5.74) is 6.87. The molecule has 0 bridgehead atoms. The molecule has 0 unspecified atom stereocenters. The van der Waals surface area contributed by atoms with Gasteiger partial charge in [0.15, 0.2) is 0 Å². The number of sulfonamides is 1. The molecule has 3 aromatic rings. The van der Waals surface area contributed by atoms with E-state index in [0.717, 1.165) is 11.6 Å². The second-order valence-corrected chi connectivity index (χ2v) is 11.3. The van der Waals surface area contributed by atoms with Crippen molar-refractivity contribution in [1.82, 2.24) is 9.62 Å². The van der Waals surface area contributed by atoms with E-state index < -0.39 is 33.8 Å². The normalized spacial score (nSPS) is 13.4. The molecule has 3 rings (SSSR count). The Labute approximate surface area is 217 Å². The maximum atomic E-state index is 13.4. The fraction of sp³-hybridized carbons (Fsp3) is 0.296. The van der Waals surface area contributed by atoms with Gasteiger partial charge in [0, 0.05) is 24.8 Å². The zero-order valence-corrected chi connectivity index (χ0v) is 21.6. The van der Waals surface area contributed by atoms with Gasteiger partial charge >= 0.3 is 0 Å². The van der Waals surface area contributed by atoms with E-state index in [4.69, 9.17) is 5.73 Å². The van der Waals surface area contributed by atoms with Gasteiger partial charge in [-0.2, -0.15) is 4.31 Å².